The first-order valence-electron chi connectivity index (χ1n) is 8.99. The van der Waals surface area contributed by atoms with Crippen molar-refractivity contribution in [3.05, 3.63) is 53.9 Å². The van der Waals surface area contributed by atoms with Gasteiger partial charge in [-0.05, 0) is 31.0 Å². The summed E-state index contributed by atoms with van der Waals surface area (Å²) in [5, 5.41) is 17.5. The summed E-state index contributed by atoms with van der Waals surface area (Å²) in [5.74, 6) is 0.685. The summed E-state index contributed by atoms with van der Waals surface area (Å²) in [6.45, 7) is 1.56. The van der Waals surface area contributed by atoms with Crippen LogP contribution in [-0.2, 0) is 7.05 Å². The van der Waals surface area contributed by atoms with Crippen LogP contribution in [0, 0.1) is 11.3 Å². The molecule has 0 aliphatic carbocycles. The van der Waals surface area contributed by atoms with E-state index < -0.39 is 0 Å². The number of amides is 1. The van der Waals surface area contributed by atoms with E-state index in [0.29, 0.717) is 11.3 Å². The standard InChI is InChI=1S/C20H20N6O/c1-25-9-8-18(24-25)20(27)22-15-6-10-26(11-7-15)19-12-14(13-21)16-4-2-3-5-17(16)23-19/h2-5,8-9,12,15H,6-7,10-11H2,1H3,(H,22,27). The molecule has 1 aliphatic rings. The van der Waals surface area contributed by atoms with Gasteiger partial charge in [-0.1, -0.05) is 18.2 Å². The van der Waals surface area contributed by atoms with Gasteiger partial charge in [0, 0.05) is 37.8 Å². The number of hydrogen-bond acceptors (Lipinski definition) is 5. The number of aryl methyl sites for hydroxylation is 1. The molecule has 1 saturated heterocycles. The van der Waals surface area contributed by atoms with Crippen molar-refractivity contribution in [1.29, 1.82) is 5.26 Å². The Kier molecular flexibility index (Phi) is 4.47. The first-order valence-corrected chi connectivity index (χ1v) is 8.99. The molecule has 0 unspecified atom stereocenters. The molecule has 0 bridgehead atoms. The first kappa shape index (κ1) is 17.0. The fraction of sp³-hybridized carbons (Fsp3) is 0.300. The van der Waals surface area contributed by atoms with Gasteiger partial charge in [0.15, 0.2) is 0 Å². The van der Waals surface area contributed by atoms with Gasteiger partial charge < -0.3 is 10.2 Å². The Balaban J connectivity index is 1.44. The van der Waals surface area contributed by atoms with Gasteiger partial charge in [0.1, 0.15) is 11.5 Å². The second-order valence-electron chi connectivity index (χ2n) is 6.77. The van der Waals surface area contributed by atoms with Crippen LogP contribution in [0.2, 0.25) is 0 Å². The second kappa shape index (κ2) is 7.08. The van der Waals surface area contributed by atoms with Crippen LogP contribution in [0.15, 0.2) is 42.6 Å². The first-order chi connectivity index (χ1) is 13.1. The van der Waals surface area contributed by atoms with E-state index in [1.165, 1.54) is 0 Å². The van der Waals surface area contributed by atoms with Gasteiger partial charge in [-0.25, -0.2) is 4.98 Å². The Labute approximate surface area is 157 Å². The lowest BCUT2D eigenvalue weighted by molar-refractivity contribution is 0.0925. The van der Waals surface area contributed by atoms with Crippen molar-refractivity contribution in [3.63, 3.8) is 0 Å². The Morgan fingerprint density at radius 2 is 2.04 bits per heavy atom. The number of para-hydroxylation sites is 1. The van der Waals surface area contributed by atoms with E-state index >= 15 is 0 Å². The van der Waals surface area contributed by atoms with Crippen molar-refractivity contribution in [1.82, 2.24) is 20.1 Å². The summed E-state index contributed by atoms with van der Waals surface area (Å²) in [7, 11) is 1.79. The van der Waals surface area contributed by atoms with Crippen LogP contribution >= 0.6 is 0 Å². The number of benzene rings is 1. The largest absolute Gasteiger partial charge is 0.356 e. The molecule has 3 heterocycles. The highest BCUT2D eigenvalue weighted by atomic mass is 16.2. The molecule has 1 aromatic carbocycles. The van der Waals surface area contributed by atoms with E-state index in [1.54, 1.807) is 24.0 Å². The van der Waals surface area contributed by atoms with Crippen molar-refractivity contribution >= 4 is 22.6 Å². The molecule has 3 aromatic rings. The summed E-state index contributed by atoms with van der Waals surface area (Å²) in [4.78, 5) is 19.2. The van der Waals surface area contributed by atoms with Crippen molar-refractivity contribution < 1.29 is 4.79 Å². The third-order valence-electron chi connectivity index (χ3n) is 4.92. The minimum atomic E-state index is -0.135. The highest BCUT2D eigenvalue weighted by Gasteiger charge is 2.23. The molecule has 0 saturated carbocycles. The van der Waals surface area contributed by atoms with Gasteiger partial charge in [0.2, 0.25) is 0 Å². The van der Waals surface area contributed by atoms with Crippen LogP contribution in [0.5, 0.6) is 0 Å². The Morgan fingerprint density at radius 3 is 2.74 bits per heavy atom. The number of fused-ring (bicyclic) bond motifs is 1. The average molecular weight is 360 g/mol. The summed E-state index contributed by atoms with van der Waals surface area (Å²) >= 11 is 0. The molecule has 0 spiro atoms. The fourth-order valence-corrected chi connectivity index (χ4v) is 3.46. The number of hydrogen-bond donors (Lipinski definition) is 1. The number of carbonyl (C=O) groups is 1. The number of rotatable bonds is 3. The van der Waals surface area contributed by atoms with Gasteiger partial charge >= 0.3 is 0 Å². The number of anilines is 1. The number of nitrogens with one attached hydrogen (secondary N) is 1. The normalized spacial score (nSPS) is 14.9. The molecular formula is C20H20N6O. The van der Waals surface area contributed by atoms with E-state index in [9.17, 15) is 10.1 Å². The lowest BCUT2D eigenvalue weighted by Crippen LogP contribution is -2.45. The Bertz CT molecular complexity index is 1030. The Morgan fingerprint density at radius 1 is 1.26 bits per heavy atom. The highest BCUT2D eigenvalue weighted by Crippen LogP contribution is 2.24. The van der Waals surface area contributed by atoms with Crippen LogP contribution in [0.4, 0.5) is 5.82 Å². The van der Waals surface area contributed by atoms with Crippen LogP contribution in [-0.4, -0.2) is 39.8 Å². The molecule has 0 radical (unpaired) electrons. The quantitative estimate of drug-likeness (QED) is 0.774. The van der Waals surface area contributed by atoms with Gasteiger partial charge in [-0.15, -0.1) is 0 Å². The monoisotopic (exact) mass is 360 g/mol. The van der Waals surface area contributed by atoms with E-state index in [1.807, 2.05) is 30.3 Å². The lowest BCUT2D eigenvalue weighted by Gasteiger charge is -2.33. The number of carbonyl (C=O) groups excluding carboxylic acids is 1. The summed E-state index contributed by atoms with van der Waals surface area (Å²) in [6.07, 6.45) is 3.42. The molecule has 1 fully saturated rings. The lowest BCUT2D eigenvalue weighted by atomic mass is 10.0. The minimum absolute atomic E-state index is 0.117. The maximum atomic E-state index is 12.3. The van der Waals surface area contributed by atoms with Crippen LogP contribution < -0.4 is 10.2 Å². The summed E-state index contributed by atoms with van der Waals surface area (Å²) in [6, 6.07) is 13.7. The van der Waals surface area contributed by atoms with Crippen LogP contribution in [0.1, 0.15) is 28.9 Å². The maximum absolute atomic E-state index is 12.3. The molecule has 7 nitrogen and oxygen atoms in total. The van der Waals surface area contributed by atoms with Gasteiger partial charge in [0.05, 0.1) is 17.1 Å². The maximum Gasteiger partial charge on any atom is 0.271 e. The predicted molar refractivity (Wildman–Crippen MR) is 102 cm³/mol. The van der Waals surface area contributed by atoms with Crippen molar-refractivity contribution in [2.45, 2.75) is 18.9 Å². The van der Waals surface area contributed by atoms with E-state index in [4.69, 9.17) is 4.98 Å². The number of nitriles is 1. The fourth-order valence-electron chi connectivity index (χ4n) is 3.46. The zero-order valence-electron chi connectivity index (χ0n) is 15.1. The topological polar surface area (TPSA) is 86.8 Å². The Hall–Kier alpha value is -3.40. The predicted octanol–water partition coefficient (Wildman–Crippen LogP) is 2.24. The third kappa shape index (κ3) is 3.47. The smallest absolute Gasteiger partial charge is 0.271 e. The molecule has 4 rings (SSSR count). The molecular weight excluding hydrogens is 340 g/mol. The van der Waals surface area contributed by atoms with Crippen LogP contribution in [0.3, 0.4) is 0 Å². The molecule has 7 heteroatoms. The summed E-state index contributed by atoms with van der Waals surface area (Å²) < 4.78 is 1.62. The van der Waals surface area contributed by atoms with Gasteiger partial charge in [-0.3, -0.25) is 9.48 Å². The van der Waals surface area contributed by atoms with Crippen molar-refractivity contribution in [2.75, 3.05) is 18.0 Å². The molecule has 27 heavy (non-hydrogen) atoms. The number of piperidine rings is 1. The second-order valence-corrected chi connectivity index (χ2v) is 6.77. The summed E-state index contributed by atoms with van der Waals surface area (Å²) in [5.41, 5.74) is 1.91. The number of nitrogens with zero attached hydrogens (tertiary/aromatic N) is 5. The van der Waals surface area contributed by atoms with E-state index in [2.05, 4.69) is 21.4 Å². The SMILES string of the molecule is Cn1ccc(C(=O)NC2CCN(c3cc(C#N)c4ccccc4n3)CC2)n1. The number of pyridine rings is 1. The molecule has 1 N–H and O–H groups in total. The van der Waals surface area contributed by atoms with E-state index in [0.717, 1.165) is 42.7 Å². The molecule has 2 aromatic heterocycles. The third-order valence-corrected chi connectivity index (χ3v) is 4.92. The zero-order chi connectivity index (χ0) is 18.8. The molecule has 0 atom stereocenters. The average Bonchev–Trinajstić information content (AvgIpc) is 3.14. The minimum Gasteiger partial charge on any atom is -0.356 e. The molecule has 136 valence electrons. The number of aromatic nitrogens is 3. The van der Waals surface area contributed by atoms with Gasteiger partial charge in [0.25, 0.3) is 5.91 Å². The molecule has 1 aliphatic heterocycles. The molecule has 1 amide bonds. The van der Waals surface area contributed by atoms with E-state index in [-0.39, 0.29) is 11.9 Å². The zero-order valence-corrected chi connectivity index (χ0v) is 15.1. The highest BCUT2D eigenvalue weighted by molar-refractivity contribution is 5.92. The van der Waals surface area contributed by atoms with Crippen LogP contribution in [0.25, 0.3) is 10.9 Å². The van der Waals surface area contributed by atoms with Gasteiger partial charge in [-0.2, -0.15) is 10.4 Å². The van der Waals surface area contributed by atoms with Crippen molar-refractivity contribution in [2.24, 2.45) is 7.05 Å². The van der Waals surface area contributed by atoms with Crippen molar-refractivity contribution in [3.8, 4) is 6.07 Å².